The van der Waals surface area contributed by atoms with Crippen molar-refractivity contribution >= 4 is 11.8 Å². The third kappa shape index (κ3) is 8.10. The van der Waals surface area contributed by atoms with Crippen LogP contribution in [0.5, 0.6) is 0 Å². The first-order valence-corrected chi connectivity index (χ1v) is 8.67. The predicted octanol–water partition coefficient (Wildman–Crippen LogP) is 4.77. The molecule has 1 fully saturated rings. The summed E-state index contributed by atoms with van der Waals surface area (Å²) < 4.78 is 0. The van der Waals surface area contributed by atoms with Crippen molar-refractivity contribution in [2.75, 3.05) is 5.75 Å². The van der Waals surface area contributed by atoms with Crippen molar-refractivity contribution in [3.8, 4) is 0 Å². The van der Waals surface area contributed by atoms with Gasteiger partial charge in [-0.1, -0.05) is 58.3 Å². The summed E-state index contributed by atoms with van der Waals surface area (Å²) in [6, 6.07) is 0. The third-order valence-corrected chi connectivity index (χ3v) is 5.24. The molecule has 1 unspecified atom stereocenters. The van der Waals surface area contributed by atoms with E-state index in [-0.39, 0.29) is 6.10 Å². The molecule has 0 amide bonds. The highest BCUT2D eigenvalue weighted by atomic mass is 32.2. The van der Waals surface area contributed by atoms with Crippen molar-refractivity contribution in [2.24, 2.45) is 0 Å². The molecule has 0 aromatic rings. The van der Waals surface area contributed by atoms with Crippen molar-refractivity contribution in [3.05, 3.63) is 0 Å². The Balaban J connectivity index is 1.91. The summed E-state index contributed by atoms with van der Waals surface area (Å²) in [6.45, 7) is 2.25. The molecule has 1 aliphatic rings. The van der Waals surface area contributed by atoms with E-state index in [0.717, 1.165) is 17.4 Å². The largest absolute Gasteiger partial charge is 0.392 e. The number of unbranched alkanes of at least 4 members (excludes halogenated alkanes) is 4. The smallest absolute Gasteiger partial charge is 0.0630 e. The maximum atomic E-state index is 9.92. The fraction of sp³-hybridized carbons (Fsp3) is 1.00. The van der Waals surface area contributed by atoms with Gasteiger partial charge in [-0.05, 0) is 19.3 Å². The Labute approximate surface area is 112 Å². The standard InChI is InChI=1S/C15H30OS/c1-2-3-4-5-7-10-14(16)13-17-15-11-8-6-9-12-15/h14-16H,2-13H2,1H3. The van der Waals surface area contributed by atoms with Crippen LogP contribution in [0.25, 0.3) is 0 Å². The van der Waals surface area contributed by atoms with E-state index >= 15 is 0 Å². The molecule has 2 heteroatoms. The van der Waals surface area contributed by atoms with Gasteiger partial charge in [0.25, 0.3) is 0 Å². The van der Waals surface area contributed by atoms with E-state index < -0.39 is 0 Å². The van der Waals surface area contributed by atoms with E-state index in [0.29, 0.717) is 0 Å². The van der Waals surface area contributed by atoms with Gasteiger partial charge in [-0.15, -0.1) is 0 Å². The van der Waals surface area contributed by atoms with Gasteiger partial charge in [0.15, 0.2) is 0 Å². The molecule has 1 rings (SSSR count). The summed E-state index contributed by atoms with van der Waals surface area (Å²) in [4.78, 5) is 0. The summed E-state index contributed by atoms with van der Waals surface area (Å²) in [6.07, 6.45) is 14.5. The number of thioether (sulfide) groups is 1. The lowest BCUT2D eigenvalue weighted by molar-refractivity contribution is 0.184. The lowest BCUT2D eigenvalue weighted by Crippen LogP contribution is -2.15. The average molecular weight is 258 g/mol. The van der Waals surface area contributed by atoms with E-state index in [2.05, 4.69) is 6.92 Å². The molecule has 0 spiro atoms. The average Bonchev–Trinajstić information content (AvgIpc) is 2.37. The fourth-order valence-corrected chi connectivity index (χ4v) is 3.87. The number of aliphatic hydroxyl groups excluding tert-OH is 1. The Kier molecular flexibility index (Phi) is 9.27. The van der Waals surface area contributed by atoms with E-state index in [1.54, 1.807) is 0 Å². The molecule has 0 saturated heterocycles. The molecular weight excluding hydrogens is 228 g/mol. The van der Waals surface area contributed by atoms with Gasteiger partial charge in [0.1, 0.15) is 0 Å². The fourth-order valence-electron chi connectivity index (χ4n) is 2.55. The number of rotatable bonds is 9. The molecule has 1 saturated carbocycles. The van der Waals surface area contributed by atoms with Crippen LogP contribution in [0.15, 0.2) is 0 Å². The van der Waals surface area contributed by atoms with E-state index in [9.17, 15) is 5.11 Å². The Morgan fingerprint density at radius 3 is 2.47 bits per heavy atom. The van der Waals surface area contributed by atoms with E-state index in [4.69, 9.17) is 0 Å². The van der Waals surface area contributed by atoms with Crippen LogP contribution in [0.4, 0.5) is 0 Å². The highest BCUT2D eigenvalue weighted by Gasteiger charge is 2.15. The molecule has 0 bridgehead atoms. The Bertz CT molecular complexity index is 166. The number of hydrogen-bond donors (Lipinski definition) is 1. The zero-order valence-corrected chi connectivity index (χ0v) is 12.3. The van der Waals surface area contributed by atoms with Gasteiger partial charge >= 0.3 is 0 Å². The second-order valence-corrected chi connectivity index (χ2v) is 6.78. The SMILES string of the molecule is CCCCCCCC(O)CSC1CCCCC1. The molecule has 1 nitrogen and oxygen atoms in total. The summed E-state index contributed by atoms with van der Waals surface area (Å²) >= 11 is 2.02. The van der Waals surface area contributed by atoms with Crippen LogP contribution in [-0.4, -0.2) is 22.2 Å². The first-order valence-electron chi connectivity index (χ1n) is 7.62. The van der Waals surface area contributed by atoms with Gasteiger partial charge in [-0.2, -0.15) is 11.8 Å². The van der Waals surface area contributed by atoms with Crippen LogP contribution in [0.2, 0.25) is 0 Å². The molecule has 1 aliphatic carbocycles. The summed E-state index contributed by atoms with van der Waals surface area (Å²) in [7, 11) is 0. The minimum Gasteiger partial charge on any atom is -0.392 e. The van der Waals surface area contributed by atoms with Crippen LogP contribution in [0, 0.1) is 0 Å². The number of hydrogen-bond acceptors (Lipinski definition) is 2. The Hall–Kier alpha value is 0.310. The molecule has 0 aromatic heterocycles. The monoisotopic (exact) mass is 258 g/mol. The molecular formula is C15H30OS. The van der Waals surface area contributed by atoms with Crippen molar-refractivity contribution in [3.63, 3.8) is 0 Å². The second kappa shape index (κ2) is 10.3. The lowest BCUT2D eigenvalue weighted by atomic mass is 10.0. The van der Waals surface area contributed by atoms with Crippen molar-refractivity contribution in [2.45, 2.75) is 88.9 Å². The van der Waals surface area contributed by atoms with Crippen LogP contribution in [0.3, 0.4) is 0 Å². The normalized spacial score (nSPS) is 19.4. The van der Waals surface area contributed by atoms with Crippen molar-refractivity contribution in [1.29, 1.82) is 0 Å². The molecule has 102 valence electrons. The molecule has 1 N–H and O–H groups in total. The van der Waals surface area contributed by atoms with Crippen LogP contribution in [0.1, 0.15) is 77.6 Å². The topological polar surface area (TPSA) is 20.2 Å². The van der Waals surface area contributed by atoms with E-state index in [1.165, 1.54) is 64.2 Å². The van der Waals surface area contributed by atoms with Crippen molar-refractivity contribution in [1.82, 2.24) is 0 Å². The third-order valence-electron chi connectivity index (χ3n) is 3.72. The van der Waals surface area contributed by atoms with Crippen molar-refractivity contribution < 1.29 is 5.11 Å². The van der Waals surface area contributed by atoms with E-state index in [1.807, 2.05) is 11.8 Å². The zero-order chi connectivity index (χ0) is 12.3. The van der Waals surface area contributed by atoms with Gasteiger partial charge < -0.3 is 5.11 Å². The lowest BCUT2D eigenvalue weighted by Gasteiger charge is -2.22. The van der Waals surface area contributed by atoms with Gasteiger partial charge in [-0.25, -0.2) is 0 Å². The van der Waals surface area contributed by atoms with Gasteiger partial charge in [0.05, 0.1) is 6.10 Å². The van der Waals surface area contributed by atoms with Crippen LogP contribution < -0.4 is 0 Å². The molecule has 0 aromatic carbocycles. The highest BCUT2D eigenvalue weighted by Crippen LogP contribution is 2.29. The minimum absolute atomic E-state index is 0.0523. The first kappa shape index (κ1) is 15.4. The zero-order valence-electron chi connectivity index (χ0n) is 11.5. The summed E-state index contributed by atoms with van der Waals surface area (Å²) in [5, 5.41) is 10.8. The van der Waals surface area contributed by atoms with Gasteiger partial charge in [0, 0.05) is 11.0 Å². The Morgan fingerprint density at radius 2 is 1.76 bits per heavy atom. The summed E-state index contributed by atoms with van der Waals surface area (Å²) in [5.41, 5.74) is 0. The molecule has 17 heavy (non-hydrogen) atoms. The van der Waals surface area contributed by atoms with Crippen LogP contribution >= 0.6 is 11.8 Å². The highest BCUT2D eigenvalue weighted by molar-refractivity contribution is 7.99. The van der Waals surface area contributed by atoms with Gasteiger partial charge in [-0.3, -0.25) is 0 Å². The van der Waals surface area contributed by atoms with Gasteiger partial charge in [0.2, 0.25) is 0 Å². The Morgan fingerprint density at radius 1 is 1.06 bits per heavy atom. The molecule has 0 heterocycles. The minimum atomic E-state index is -0.0523. The summed E-state index contributed by atoms with van der Waals surface area (Å²) in [5.74, 6) is 0.971. The maximum Gasteiger partial charge on any atom is 0.0630 e. The molecule has 0 radical (unpaired) electrons. The quantitative estimate of drug-likeness (QED) is 0.601. The molecule has 1 atom stereocenters. The predicted molar refractivity (Wildman–Crippen MR) is 78.7 cm³/mol. The maximum absolute atomic E-state index is 9.92. The number of aliphatic hydroxyl groups is 1. The molecule has 0 aliphatic heterocycles. The second-order valence-electron chi connectivity index (χ2n) is 5.45. The first-order chi connectivity index (χ1) is 8.33. The van der Waals surface area contributed by atoms with Crippen LogP contribution in [-0.2, 0) is 0 Å².